The maximum Gasteiger partial charge on any atom is 0.217 e. The SMILES string of the molecule is Cc1cc(C)c(C2=N[C@H](c3ccccc3)CO2)cc1C1=N[C@H](c2ccccc2)CO1. The predicted molar refractivity (Wildman–Crippen MR) is 119 cm³/mol. The molecule has 3 aromatic rings. The Morgan fingerprint density at radius 1 is 0.633 bits per heavy atom. The summed E-state index contributed by atoms with van der Waals surface area (Å²) in [6.45, 7) is 5.32. The Hall–Kier alpha value is -3.40. The van der Waals surface area contributed by atoms with E-state index in [-0.39, 0.29) is 12.1 Å². The molecule has 4 nitrogen and oxygen atoms in total. The zero-order valence-corrected chi connectivity index (χ0v) is 17.2. The minimum Gasteiger partial charge on any atom is -0.475 e. The first-order valence-electron chi connectivity index (χ1n) is 10.3. The van der Waals surface area contributed by atoms with Gasteiger partial charge in [0.25, 0.3) is 0 Å². The number of benzene rings is 3. The van der Waals surface area contributed by atoms with E-state index in [1.807, 2.05) is 36.4 Å². The highest BCUT2D eigenvalue weighted by atomic mass is 16.5. The van der Waals surface area contributed by atoms with Gasteiger partial charge in [0.05, 0.1) is 0 Å². The van der Waals surface area contributed by atoms with Crippen LogP contribution >= 0.6 is 0 Å². The van der Waals surface area contributed by atoms with Crippen molar-refractivity contribution in [3.63, 3.8) is 0 Å². The predicted octanol–water partition coefficient (Wildman–Crippen LogP) is 5.34. The number of nitrogens with zero attached hydrogens (tertiary/aromatic N) is 2. The Balaban J connectivity index is 1.47. The maximum absolute atomic E-state index is 6.00. The summed E-state index contributed by atoms with van der Waals surface area (Å²) >= 11 is 0. The lowest BCUT2D eigenvalue weighted by Gasteiger charge is -2.11. The Bertz CT molecular complexity index is 1030. The molecule has 0 aromatic heterocycles. The van der Waals surface area contributed by atoms with Crippen molar-refractivity contribution in [2.45, 2.75) is 25.9 Å². The fourth-order valence-corrected chi connectivity index (χ4v) is 4.05. The molecule has 2 atom stereocenters. The largest absolute Gasteiger partial charge is 0.475 e. The Morgan fingerprint density at radius 3 is 1.50 bits per heavy atom. The first kappa shape index (κ1) is 18.6. The van der Waals surface area contributed by atoms with Crippen molar-refractivity contribution in [2.75, 3.05) is 13.2 Å². The fourth-order valence-electron chi connectivity index (χ4n) is 4.05. The molecule has 0 amide bonds. The van der Waals surface area contributed by atoms with E-state index in [0.29, 0.717) is 25.0 Å². The molecular weight excluding hydrogens is 372 g/mol. The van der Waals surface area contributed by atoms with E-state index in [4.69, 9.17) is 19.5 Å². The molecule has 0 unspecified atom stereocenters. The molecule has 4 heteroatoms. The van der Waals surface area contributed by atoms with Crippen LogP contribution in [0.3, 0.4) is 0 Å². The Kier molecular flexibility index (Phi) is 4.83. The molecule has 0 aliphatic carbocycles. The Morgan fingerprint density at radius 2 is 1.07 bits per heavy atom. The third-order valence-corrected chi connectivity index (χ3v) is 5.70. The van der Waals surface area contributed by atoms with Crippen LogP contribution in [-0.4, -0.2) is 25.0 Å². The van der Waals surface area contributed by atoms with Gasteiger partial charge in [-0.2, -0.15) is 0 Å². The number of rotatable bonds is 4. The molecular formula is C26H24N2O2. The summed E-state index contributed by atoms with van der Waals surface area (Å²) in [6.07, 6.45) is 0. The summed E-state index contributed by atoms with van der Waals surface area (Å²) in [7, 11) is 0. The van der Waals surface area contributed by atoms with Crippen LogP contribution in [0.15, 0.2) is 82.8 Å². The lowest BCUT2D eigenvalue weighted by molar-refractivity contribution is 0.319. The zero-order chi connectivity index (χ0) is 20.5. The smallest absolute Gasteiger partial charge is 0.217 e. The summed E-state index contributed by atoms with van der Waals surface area (Å²) in [5.74, 6) is 1.39. The van der Waals surface area contributed by atoms with Crippen molar-refractivity contribution in [3.8, 4) is 0 Å². The lowest BCUT2D eigenvalue weighted by atomic mass is 9.99. The summed E-state index contributed by atoms with van der Waals surface area (Å²) in [4.78, 5) is 9.73. The normalized spacial score (nSPS) is 20.3. The number of aliphatic imine (C=N–C) groups is 2. The second kappa shape index (κ2) is 7.79. The van der Waals surface area contributed by atoms with Crippen LogP contribution < -0.4 is 0 Å². The molecule has 2 heterocycles. The van der Waals surface area contributed by atoms with Gasteiger partial charge < -0.3 is 9.47 Å². The second-order valence-electron chi connectivity index (χ2n) is 7.83. The number of ether oxygens (including phenoxy) is 2. The van der Waals surface area contributed by atoms with Crippen molar-refractivity contribution in [1.82, 2.24) is 0 Å². The van der Waals surface area contributed by atoms with E-state index < -0.39 is 0 Å². The monoisotopic (exact) mass is 396 g/mol. The molecule has 0 fully saturated rings. The molecule has 0 radical (unpaired) electrons. The third-order valence-electron chi connectivity index (χ3n) is 5.70. The van der Waals surface area contributed by atoms with Crippen molar-refractivity contribution in [1.29, 1.82) is 0 Å². The maximum atomic E-state index is 6.00. The fraction of sp³-hybridized carbons (Fsp3) is 0.231. The topological polar surface area (TPSA) is 43.2 Å². The molecule has 0 saturated carbocycles. The van der Waals surface area contributed by atoms with Crippen LogP contribution in [0.2, 0.25) is 0 Å². The Labute approximate surface area is 176 Å². The lowest BCUT2D eigenvalue weighted by Crippen LogP contribution is -2.10. The van der Waals surface area contributed by atoms with E-state index in [0.717, 1.165) is 22.3 Å². The summed E-state index contributed by atoms with van der Waals surface area (Å²) in [5, 5.41) is 0. The molecule has 0 saturated heterocycles. The van der Waals surface area contributed by atoms with Crippen LogP contribution in [0.25, 0.3) is 0 Å². The van der Waals surface area contributed by atoms with E-state index in [1.165, 1.54) is 11.1 Å². The molecule has 2 aliphatic rings. The minimum absolute atomic E-state index is 0.0351. The molecule has 3 aromatic carbocycles. The van der Waals surface area contributed by atoms with Crippen LogP contribution in [0.4, 0.5) is 0 Å². The van der Waals surface area contributed by atoms with E-state index in [1.54, 1.807) is 0 Å². The average molecular weight is 396 g/mol. The van der Waals surface area contributed by atoms with Crippen LogP contribution in [0.1, 0.15) is 45.5 Å². The van der Waals surface area contributed by atoms with E-state index in [2.05, 4.69) is 50.2 Å². The molecule has 150 valence electrons. The first-order chi connectivity index (χ1) is 14.7. The van der Waals surface area contributed by atoms with Gasteiger partial charge in [0, 0.05) is 11.1 Å². The highest BCUT2D eigenvalue weighted by Gasteiger charge is 2.26. The molecule has 0 bridgehead atoms. The van der Waals surface area contributed by atoms with Crippen LogP contribution in [0, 0.1) is 13.8 Å². The molecule has 5 rings (SSSR count). The van der Waals surface area contributed by atoms with Crippen molar-refractivity contribution in [2.24, 2.45) is 9.98 Å². The van der Waals surface area contributed by atoms with Crippen molar-refractivity contribution in [3.05, 3.63) is 106 Å². The number of hydrogen-bond acceptors (Lipinski definition) is 4. The molecule has 2 aliphatic heterocycles. The van der Waals surface area contributed by atoms with Crippen molar-refractivity contribution >= 4 is 11.8 Å². The first-order valence-corrected chi connectivity index (χ1v) is 10.3. The van der Waals surface area contributed by atoms with Gasteiger partial charge in [-0.25, -0.2) is 9.98 Å². The van der Waals surface area contributed by atoms with Gasteiger partial charge in [-0.1, -0.05) is 66.7 Å². The second-order valence-corrected chi connectivity index (χ2v) is 7.83. The average Bonchev–Trinajstić information content (AvgIpc) is 3.46. The van der Waals surface area contributed by atoms with Crippen LogP contribution in [0.5, 0.6) is 0 Å². The van der Waals surface area contributed by atoms with Gasteiger partial charge in [0.1, 0.15) is 25.3 Å². The zero-order valence-electron chi connectivity index (χ0n) is 17.2. The van der Waals surface area contributed by atoms with Gasteiger partial charge >= 0.3 is 0 Å². The van der Waals surface area contributed by atoms with E-state index in [9.17, 15) is 0 Å². The third kappa shape index (κ3) is 3.50. The standard InChI is InChI=1S/C26H24N2O2/c1-17-13-18(2)22(26-28-24(16-30-26)20-11-7-4-8-12-20)14-21(17)25-27-23(15-29-25)19-9-5-3-6-10-19/h3-14,23-24H,15-16H2,1-2H3/t23-,24-/m0/s1. The van der Waals surface area contributed by atoms with Gasteiger partial charge in [0.15, 0.2) is 0 Å². The van der Waals surface area contributed by atoms with Gasteiger partial charge in [-0.05, 0) is 42.2 Å². The van der Waals surface area contributed by atoms with Gasteiger partial charge in [0.2, 0.25) is 11.8 Å². The molecule has 0 N–H and O–H groups in total. The quantitative estimate of drug-likeness (QED) is 0.597. The van der Waals surface area contributed by atoms with Crippen molar-refractivity contribution < 1.29 is 9.47 Å². The van der Waals surface area contributed by atoms with Gasteiger partial charge in [-0.15, -0.1) is 0 Å². The van der Waals surface area contributed by atoms with Gasteiger partial charge in [-0.3, -0.25) is 0 Å². The molecule has 0 spiro atoms. The minimum atomic E-state index is 0.0351. The van der Waals surface area contributed by atoms with E-state index >= 15 is 0 Å². The summed E-state index contributed by atoms with van der Waals surface area (Å²) < 4.78 is 12.0. The highest BCUT2D eigenvalue weighted by Crippen LogP contribution is 2.30. The van der Waals surface area contributed by atoms with Crippen LogP contribution in [-0.2, 0) is 9.47 Å². The molecule has 30 heavy (non-hydrogen) atoms. The summed E-state index contributed by atoms with van der Waals surface area (Å²) in [6, 6.07) is 24.9. The number of aryl methyl sites for hydroxylation is 2. The number of hydrogen-bond donors (Lipinski definition) is 0. The highest BCUT2D eigenvalue weighted by molar-refractivity contribution is 6.02. The summed E-state index contributed by atoms with van der Waals surface area (Å²) in [5.41, 5.74) is 6.63.